The first-order valence-electron chi connectivity index (χ1n) is 8.95. The summed E-state index contributed by atoms with van der Waals surface area (Å²) in [4.78, 5) is 24.5. The van der Waals surface area contributed by atoms with Gasteiger partial charge >= 0.3 is 0 Å². The second kappa shape index (κ2) is 8.47. The molecule has 3 aromatic rings. The number of para-hydroxylation sites is 1. The summed E-state index contributed by atoms with van der Waals surface area (Å²) in [6.07, 6.45) is 1.82. The van der Waals surface area contributed by atoms with Gasteiger partial charge in [-0.2, -0.15) is 0 Å². The molecule has 146 valence electrons. The Labute approximate surface area is 163 Å². The third kappa shape index (κ3) is 4.43. The predicted octanol–water partition coefficient (Wildman–Crippen LogP) is 2.90. The number of aromatic nitrogens is 1. The Balaban J connectivity index is 1.61. The van der Waals surface area contributed by atoms with E-state index < -0.39 is 5.91 Å². The van der Waals surface area contributed by atoms with Gasteiger partial charge in [-0.25, -0.2) is 0 Å². The van der Waals surface area contributed by atoms with Crippen LogP contribution in [-0.4, -0.2) is 29.6 Å². The zero-order valence-corrected chi connectivity index (χ0v) is 16.1. The van der Waals surface area contributed by atoms with Crippen molar-refractivity contribution in [3.8, 4) is 11.5 Å². The summed E-state index contributed by atoms with van der Waals surface area (Å²) in [5.74, 6) is 0.227. The maximum Gasteiger partial charge on any atom is 0.269 e. The molecule has 0 bridgehead atoms. The van der Waals surface area contributed by atoms with E-state index in [1.54, 1.807) is 18.2 Å². The first-order chi connectivity index (χ1) is 13.5. The lowest BCUT2D eigenvalue weighted by molar-refractivity contribution is -0.122. The fourth-order valence-electron chi connectivity index (χ4n) is 2.83. The fourth-order valence-corrected chi connectivity index (χ4v) is 2.83. The Morgan fingerprint density at radius 1 is 1.04 bits per heavy atom. The quantitative estimate of drug-likeness (QED) is 0.644. The standard InChI is InChI=1S/C21H23N3O4/c1-14(2)28-18-9-8-16(12-19(18)27-3)21(26)23-22-20(25)13-24-11-10-15-6-4-5-7-17(15)24/h4-12,14H,13H2,1-3H3,(H,22,25)(H,23,26). The van der Waals surface area contributed by atoms with Crippen molar-refractivity contribution in [2.24, 2.45) is 0 Å². The van der Waals surface area contributed by atoms with Crippen LogP contribution in [0.3, 0.4) is 0 Å². The van der Waals surface area contributed by atoms with Gasteiger partial charge in [0.1, 0.15) is 6.54 Å². The molecule has 0 saturated carbocycles. The lowest BCUT2D eigenvalue weighted by atomic mass is 10.2. The highest BCUT2D eigenvalue weighted by Crippen LogP contribution is 2.28. The van der Waals surface area contributed by atoms with Crippen molar-refractivity contribution in [3.05, 3.63) is 60.3 Å². The van der Waals surface area contributed by atoms with Crippen LogP contribution in [0.15, 0.2) is 54.7 Å². The van der Waals surface area contributed by atoms with E-state index in [9.17, 15) is 9.59 Å². The van der Waals surface area contributed by atoms with Crippen LogP contribution in [-0.2, 0) is 11.3 Å². The minimum Gasteiger partial charge on any atom is -0.493 e. The van der Waals surface area contributed by atoms with Crippen molar-refractivity contribution in [2.75, 3.05) is 7.11 Å². The van der Waals surface area contributed by atoms with E-state index in [0.717, 1.165) is 10.9 Å². The van der Waals surface area contributed by atoms with Gasteiger partial charge in [0.05, 0.1) is 13.2 Å². The predicted molar refractivity (Wildman–Crippen MR) is 106 cm³/mol. The van der Waals surface area contributed by atoms with Gasteiger partial charge in [-0.1, -0.05) is 18.2 Å². The molecule has 1 heterocycles. The number of benzene rings is 2. The van der Waals surface area contributed by atoms with Crippen LogP contribution in [0.5, 0.6) is 11.5 Å². The zero-order valence-electron chi connectivity index (χ0n) is 16.1. The minimum atomic E-state index is -0.444. The Bertz CT molecular complexity index is 994. The van der Waals surface area contributed by atoms with Crippen LogP contribution < -0.4 is 20.3 Å². The Morgan fingerprint density at radius 3 is 2.57 bits per heavy atom. The van der Waals surface area contributed by atoms with E-state index in [2.05, 4.69) is 10.9 Å². The summed E-state index contributed by atoms with van der Waals surface area (Å²) in [6, 6.07) is 14.6. The van der Waals surface area contributed by atoms with Crippen LogP contribution >= 0.6 is 0 Å². The van der Waals surface area contributed by atoms with Gasteiger partial charge in [-0.15, -0.1) is 0 Å². The Kier molecular flexibility index (Phi) is 5.84. The van der Waals surface area contributed by atoms with Crippen LogP contribution in [0, 0.1) is 0 Å². The number of methoxy groups -OCH3 is 1. The average Bonchev–Trinajstić information content (AvgIpc) is 3.09. The molecule has 0 spiro atoms. The van der Waals surface area contributed by atoms with Gasteiger partial charge in [-0.05, 0) is 49.6 Å². The fraction of sp³-hybridized carbons (Fsp3) is 0.238. The van der Waals surface area contributed by atoms with Crippen molar-refractivity contribution < 1.29 is 19.1 Å². The average molecular weight is 381 g/mol. The van der Waals surface area contributed by atoms with E-state index in [-0.39, 0.29) is 18.6 Å². The normalized spacial score (nSPS) is 10.7. The van der Waals surface area contributed by atoms with Crippen molar-refractivity contribution in [2.45, 2.75) is 26.5 Å². The molecule has 0 fully saturated rings. The zero-order chi connectivity index (χ0) is 20.1. The number of fused-ring (bicyclic) bond motifs is 1. The number of nitrogens with one attached hydrogen (secondary N) is 2. The van der Waals surface area contributed by atoms with Gasteiger partial charge in [0.25, 0.3) is 11.8 Å². The van der Waals surface area contributed by atoms with E-state index in [1.165, 1.54) is 7.11 Å². The van der Waals surface area contributed by atoms with Crippen LogP contribution in [0.1, 0.15) is 24.2 Å². The van der Waals surface area contributed by atoms with Crippen LogP contribution in [0.25, 0.3) is 10.9 Å². The molecule has 0 atom stereocenters. The van der Waals surface area contributed by atoms with E-state index in [0.29, 0.717) is 17.1 Å². The summed E-state index contributed by atoms with van der Waals surface area (Å²) in [6.45, 7) is 3.91. The molecule has 0 radical (unpaired) electrons. The first-order valence-corrected chi connectivity index (χ1v) is 8.95. The molecular weight excluding hydrogens is 358 g/mol. The monoisotopic (exact) mass is 381 g/mol. The molecule has 0 aliphatic heterocycles. The van der Waals surface area contributed by atoms with Crippen molar-refractivity contribution in [1.82, 2.24) is 15.4 Å². The van der Waals surface area contributed by atoms with Crippen LogP contribution in [0.4, 0.5) is 0 Å². The van der Waals surface area contributed by atoms with Crippen LogP contribution in [0.2, 0.25) is 0 Å². The van der Waals surface area contributed by atoms with Crippen molar-refractivity contribution in [3.63, 3.8) is 0 Å². The molecule has 2 amide bonds. The molecule has 1 aromatic heterocycles. The van der Waals surface area contributed by atoms with Gasteiger partial charge in [0, 0.05) is 17.3 Å². The van der Waals surface area contributed by atoms with E-state index in [1.807, 2.05) is 54.9 Å². The molecule has 7 nitrogen and oxygen atoms in total. The highest BCUT2D eigenvalue weighted by Gasteiger charge is 2.13. The second-order valence-electron chi connectivity index (χ2n) is 6.54. The molecule has 2 aromatic carbocycles. The molecule has 3 rings (SSSR count). The highest BCUT2D eigenvalue weighted by atomic mass is 16.5. The third-order valence-electron chi connectivity index (χ3n) is 4.10. The van der Waals surface area contributed by atoms with Gasteiger partial charge in [0.15, 0.2) is 11.5 Å². The van der Waals surface area contributed by atoms with E-state index in [4.69, 9.17) is 9.47 Å². The largest absolute Gasteiger partial charge is 0.493 e. The number of ether oxygens (including phenoxy) is 2. The number of hydrogen-bond acceptors (Lipinski definition) is 4. The molecule has 7 heteroatoms. The van der Waals surface area contributed by atoms with Gasteiger partial charge < -0.3 is 14.0 Å². The first kappa shape index (κ1) is 19.3. The molecule has 0 unspecified atom stereocenters. The number of carbonyl (C=O) groups is 2. The molecule has 0 aliphatic carbocycles. The molecule has 0 aliphatic rings. The highest BCUT2D eigenvalue weighted by molar-refractivity contribution is 5.96. The lowest BCUT2D eigenvalue weighted by Gasteiger charge is -2.14. The van der Waals surface area contributed by atoms with E-state index >= 15 is 0 Å². The molecule has 0 saturated heterocycles. The molecular formula is C21H23N3O4. The number of amides is 2. The number of rotatable bonds is 6. The number of hydrazine groups is 1. The number of nitrogens with zero attached hydrogens (tertiary/aromatic N) is 1. The molecule has 2 N–H and O–H groups in total. The maximum atomic E-state index is 12.3. The van der Waals surface area contributed by atoms with Crippen molar-refractivity contribution >= 4 is 22.7 Å². The smallest absolute Gasteiger partial charge is 0.269 e. The summed E-state index contributed by atoms with van der Waals surface area (Å²) in [5, 5.41) is 1.05. The van der Waals surface area contributed by atoms with Crippen molar-refractivity contribution in [1.29, 1.82) is 0 Å². The number of hydrogen-bond donors (Lipinski definition) is 2. The van der Waals surface area contributed by atoms with Gasteiger partial charge in [0.2, 0.25) is 0 Å². The molecule has 28 heavy (non-hydrogen) atoms. The summed E-state index contributed by atoms with van der Waals surface area (Å²) in [7, 11) is 1.51. The Morgan fingerprint density at radius 2 is 1.82 bits per heavy atom. The minimum absolute atomic E-state index is 0.0161. The lowest BCUT2D eigenvalue weighted by Crippen LogP contribution is -2.43. The Hall–Kier alpha value is -3.48. The topological polar surface area (TPSA) is 81.6 Å². The summed E-state index contributed by atoms with van der Waals surface area (Å²) < 4.78 is 12.7. The van der Waals surface area contributed by atoms with Gasteiger partial charge in [-0.3, -0.25) is 20.4 Å². The maximum absolute atomic E-state index is 12.3. The summed E-state index contributed by atoms with van der Waals surface area (Å²) in [5.41, 5.74) is 6.16. The SMILES string of the molecule is COc1cc(C(=O)NNC(=O)Cn2ccc3ccccc32)ccc1OC(C)C. The second-order valence-corrected chi connectivity index (χ2v) is 6.54. The third-order valence-corrected chi connectivity index (χ3v) is 4.10. The summed E-state index contributed by atoms with van der Waals surface area (Å²) >= 11 is 0. The number of carbonyl (C=O) groups excluding carboxylic acids is 2.